The van der Waals surface area contributed by atoms with Crippen LogP contribution in [0.4, 0.5) is 0 Å². The van der Waals surface area contributed by atoms with Gasteiger partial charge in [0.25, 0.3) is 0 Å². The molecule has 0 saturated carbocycles. The van der Waals surface area contributed by atoms with Gasteiger partial charge in [0.1, 0.15) is 5.66 Å². The fourth-order valence-electron chi connectivity index (χ4n) is 2.12. The summed E-state index contributed by atoms with van der Waals surface area (Å²) >= 11 is 0. The molecule has 0 aliphatic heterocycles. The fraction of sp³-hybridized carbons (Fsp3) is 1.00. The molecule has 0 fully saturated rings. The standard InChI is InChI=1S/C10H24NO4P.C3H8/c1-4-7-8(11)9(16(13,14)15)10(12,5-2)6-3;1-3-2/h8-9,12H,4-7,11H2,1-3H3,(H2,13,14,15);3H2,1-2H3. The van der Waals surface area contributed by atoms with Crippen molar-refractivity contribution in [2.45, 2.75) is 84.0 Å². The van der Waals surface area contributed by atoms with Crippen molar-refractivity contribution >= 4 is 7.60 Å². The molecule has 5 nitrogen and oxygen atoms in total. The molecule has 2 atom stereocenters. The highest BCUT2D eigenvalue weighted by atomic mass is 31.2. The molecular formula is C13H32NO4P. The van der Waals surface area contributed by atoms with Gasteiger partial charge < -0.3 is 20.6 Å². The molecule has 19 heavy (non-hydrogen) atoms. The first-order chi connectivity index (χ1) is 8.64. The Morgan fingerprint density at radius 1 is 1.11 bits per heavy atom. The Morgan fingerprint density at radius 2 is 1.47 bits per heavy atom. The third kappa shape index (κ3) is 7.42. The first kappa shape index (κ1) is 21.4. The van der Waals surface area contributed by atoms with E-state index in [0.717, 1.165) is 6.42 Å². The second kappa shape index (κ2) is 9.89. The first-order valence-corrected chi connectivity index (χ1v) is 8.85. The van der Waals surface area contributed by atoms with Crippen molar-refractivity contribution in [3.63, 3.8) is 0 Å². The maximum Gasteiger partial charge on any atom is 0.333 e. The minimum atomic E-state index is -4.39. The molecule has 0 aromatic rings. The summed E-state index contributed by atoms with van der Waals surface area (Å²) in [6.07, 6.45) is 3.06. The van der Waals surface area contributed by atoms with Gasteiger partial charge >= 0.3 is 7.60 Å². The highest BCUT2D eigenvalue weighted by Crippen LogP contribution is 2.50. The molecule has 0 aliphatic rings. The molecule has 118 valence electrons. The Balaban J connectivity index is 0. The van der Waals surface area contributed by atoms with Gasteiger partial charge in [0, 0.05) is 6.04 Å². The lowest BCUT2D eigenvalue weighted by atomic mass is 9.87. The van der Waals surface area contributed by atoms with Crippen LogP contribution < -0.4 is 5.73 Å². The molecule has 0 aromatic heterocycles. The van der Waals surface area contributed by atoms with E-state index in [2.05, 4.69) is 13.8 Å². The lowest BCUT2D eigenvalue weighted by Gasteiger charge is -2.38. The maximum atomic E-state index is 11.5. The summed E-state index contributed by atoms with van der Waals surface area (Å²) in [6.45, 7) is 9.57. The maximum absolute atomic E-state index is 11.5. The van der Waals surface area contributed by atoms with Crippen LogP contribution in [0, 0.1) is 0 Å². The lowest BCUT2D eigenvalue weighted by molar-refractivity contribution is 0.0136. The molecule has 0 saturated heterocycles. The van der Waals surface area contributed by atoms with Crippen molar-refractivity contribution in [1.82, 2.24) is 0 Å². The molecule has 5 N–H and O–H groups in total. The molecule has 0 amide bonds. The zero-order valence-corrected chi connectivity index (χ0v) is 13.9. The van der Waals surface area contributed by atoms with Gasteiger partial charge in [-0.05, 0) is 19.3 Å². The second-order valence-electron chi connectivity index (χ2n) is 5.00. The van der Waals surface area contributed by atoms with Crippen molar-refractivity contribution < 1.29 is 19.5 Å². The lowest BCUT2D eigenvalue weighted by Crippen LogP contribution is -2.51. The van der Waals surface area contributed by atoms with Crippen LogP contribution in [0.2, 0.25) is 0 Å². The van der Waals surface area contributed by atoms with Crippen LogP contribution in [0.1, 0.15) is 66.7 Å². The number of hydrogen-bond acceptors (Lipinski definition) is 3. The van der Waals surface area contributed by atoms with E-state index in [4.69, 9.17) is 5.73 Å². The van der Waals surface area contributed by atoms with Crippen LogP contribution in [0.25, 0.3) is 0 Å². The molecule has 2 unspecified atom stereocenters. The summed E-state index contributed by atoms with van der Waals surface area (Å²) in [7, 11) is -4.39. The normalized spacial score (nSPS) is 15.4. The summed E-state index contributed by atoms with van der Waals surface area (Å²) in [5.41, 5.74) is 3.25. The Hall–Kier alpha value is 0.0700. The summed E-state index contributed by atoms with van der Waals surface area (Å²) in [5, 5.41) is 10.2. The van der Waals surface area contributed by atoms with E-state index in [-0.39, 0.29) is 12.8 Å². The van der Waals surface area contributed by atoms with Crippen molar-refractivity contribution in [3.05, 3.63) is 0 Å². The van der Waals surface area contributed by atoms with Crippen molar-refractivity contribution in [1.29, 1.82) is 0 Å². The van der Waals surface area contributed by atoms with Gasteiger partial charge in [-0.3, -0.25) is 4.57 Å². The summed E-state index contributed by atoms with van der Waals surface area (Å²) in [6, 6.07) is -0.671. The Morgan fingerprint density at radius 3 is 1.68 bits per heavy atom. The first-order valence-electron chi connectivity index (χ1n) is 7.17. The topological polar surface area (TPSA) is 104 Å². The minimum Gasteiger partial charge on any atom is -0.389 e. The summed E-state index contributed by atoms with van der Waals surface area (Å²) < 4.78 is 11.5. The molecule has 0 radical (unpaired) electrons. The fourth-order valence-corrected chi connectivity index (χ4v) is 3.76. The molecule has 0 rings (SSSR count). The van der Waals surface area contributed by atoms with Crippen LogP contribution in [-0.4, -0.2) is 32.2 Å². The summed E-state index contributed by atoms with van der Waals surface area (Å²) in [4.78, 5) is 18.7. The largest absolute Gasteiger partial charge is 0.389 e. The van der Waals surface area contributed by atoms with Gasteiger partial charge in [0.15, 0.2) is 0 Å². The quantitative estimate of drug-likeness (QED) is 0.541. The predicted molar refractivity (Wildman–Crippen MR) is 80.2 cm³/mol. The zero-order chi connectivity index (χ0) is 15.7. The van der Waals surface area contributed by atoms with E-state index in [0.29, 0.717) is 6.42 Å². The third-order valence-corrected chi connectivity index (χ3v) is 4.75. The highest BCUT2D eigenvalue weighted by Gasteiger charge is 2.47. The average molecular weight is 297 g/mol. The van der Waals surface area contributed by atoms with E-state index < -0.39 is 24.9 Å². The van der Waals surface area contributed by atoms with Crippen LogP contribution in [0.5, 0.6) is 0 Å². The van der Waals surface area contributed by atoms with E-state index in [1.165, 1.54) is 6.42 Å². The van der Waals surface area contributed by atoms with Gasteiger partial charge in [-0.1, -0.05) is 47.5 Å². The van der Waals surface area contributed by atoms with Crippen LogP contribution in [0.3, 0.4) is 0 Å². The molecule has 6 heteroatoms. The van der Waals surface area contributed by atoms with Gasteiger partial charge in [-0.15, -0.1) is 0 Å². The monoisotopic (exact) mass is 297 g/mol. The summed E-state index contributed by atoms with van der Waals surface area (Å²) in [5.74, 6) is 0. The van der Waals surface area contributed by atoms with E-state index >= 15 is 0 Å². The Bertz CT molecular complexity index is 263. The zero-order valence-electron chi connectivity index (χ0n) is 13.0. The van der Waals surface area contributed by atoms with Gasteiger partial charge in [0.05, 0.1) is 5.60 Å². The van der Waals surface area contributed by atoms with Crippen molar-refractivity contribution in [2.24, 2.45) is 5.73 Å². The highest BCUT2D eigenvalue weighted by molar-refractivity contribution is 7.52. The second-order valence-corrected chi connectivity index (χ2v) is 6.74. The molecule has 0 aromatic carbocycles. The molecular weight excluding hydrogens is 265 g/mol. The number of hydrogen-bond donors (Lipinski definition) is 4. The smallest absolute Gasteiger partial charge is 0.333 e. The van der Waals surface area contributed by atoms with Gasteiger partial charge in [0.2, 0.25) is 0 Å². The van der Waals surface area contributed by atoms with Crippen LogP contribution in [0.15, 0.2) is 0 Å². The number of nitrogens with two attached hydrogens (primary N) is 1. The minimum absolute atomic E-state index is 0.288. The van der Waals surface area contributed by atoms with Crippen LogP contribution >= 0.6 is 7.60 Å². The van der Waals surface area contributed by atoms with E-state index in [1.54, 1.807) is 13.8 Å². The SMILES string of the molecule is CCC.CCCC(N)C(C(O)(CC)CC)P(=O)(O)O. The van der Waals surface area contributed by atoms with Crippen LogP contribution in [-0.2, 0) is 4.57 Å². The predicted octanol–water partition coefficient (Wildman–Crippen LogP) is 2.63. The Kier molecular flexibility index (Phi) is 11.1. The molecule has 0 aliphatic carbocycles. The third-order valence-electron chi connectivity index (χ3n) is 3.16. The number of rotatable bonds is 7. The van der Waals surface area contributed by atoms with Gasteiger partial charge in [-0.2, -0.15) is 0 Å². The van der Waals surface area contributed by atoms with Crippen molar-refractivity contribution in [3.8, 4) is 0 Å². The average Bonchev–Trinajstić information content (AvgIpc) is 2.28. The molecule has 0 spiro atoms. The van der Waals surface area contributed by atoms with Gasteiger partial charge in [-0.25, -0.2) is 0 Å². The van der Waals surface area contributed by atoms with Crippen molar-refractivity contribution in [2.75, 3.05) is 0 Å². The molecule has 0 heterocycles. The van der Waals surface area contributed by atoms with E-state index in [9.17, 15) is 19.5 Å². The number of aliphatic hydroxyl groups is 1. The molecule has 0 bridgehead atoms. The van der Waals surface area contributed by atoms with E-state index in [1.807, 2.05) is 6.92 Å². The Labute approximate surface area is 117 Å².